The molecule has 2 heterocycles. The van der Waals surface area contributed by atoms with Crippen molar-refractivity contribution in [1.29, 1.82) is 0 Å². The smallest absolute Gasteiger partial charge is 0.0462 e. The summed E-state index contributed by atoms with van der Waals surface area (Å²) in [4.78, 5) is 0. The van der Waals surface area contributed by atoms with Gasteiger partial charge in [-0.15, -0.1) is 0 Å². The van der Waals surface area contributed by atoms with Crippen molar-refractivity contribution >= 4 is 17.3 Å². The molecular formula is C13H17ClN2. The third-order valence-corrected chi connectivity index (χ3v) is 4.22. The zero-order valence-electron chi connectivity index (χ0n) is 9.30. The van der Waals surface area contributed by atoms with Crippen molar-refractivity contribution in [3.05, 3.63) is 28.8 Å². The van der Waals surface area contributed by atoms with Gasteiger partial charge < -0.3 is 10.6 Å². The van der Waals surface area contributed by atoms with Crippen LogP contribution in [-0.4, -0.2) is 19.6 Å². The van der Waals surface area contributed by atoms with Crippen LogP contribution >= 0.6 is 11.6 Å². The van der Waals surface area contributed by atoms with E-state index in [1.165, 1.54) is 24.1 Å². The van der Waals surface area contributed by atoms with Crippen LogP contribution in [0.4, 0.5) is 5.69 Å². The SMILES string of the molecule is Clc1cccc2c1C(C1CCNCC1)CN2. The van der Waals surface area contributed by atoms with Crippen LogP contribution in [0.1, 0.15) is 24.3 Å². The normalized spacial score (nSPS) is 25.2. The second-order valence-electron chi connectivity index (χ2n) is 4.78. The monoisotopic (exact) mass is 236 g/mol. The molecule has 1 atom stereocenters. The Balaban J connectivity index is 1.89. The number of fused-ring (bicyclic) bond motifs is 1. The Morgan fingerprint density at radius 3 is 2.81 bits per heavy atom. The van der Waals surface area contributed by atoms with E-state index >= 15 is 0 Å². The highest BCUT2D eigenvalue weighted by atomic mass is 35.5. The van der Waals surface area contributed by atoms with E-state index in [1.807, 2.05) is 12.1 Å². The Hall–Kier alpha value is -0.730. The minimum atomic E-state index is 0.616. The maximum absolute atomic E-state index is 6.33. The van der Waals surface area contributed by atoms with E-state index in [0.717, 1.165) is 30.6 Å². The second kappa shape index (κ2) is 4.27. The molecule has 1 unspecified atom stereocenters. The molecule has 3 heteroatoms. The molecule has 2 aliphatic rings. The van der Waals surface area contributed by atoms with E-state index < -0.39 is 0 Å². The van der Waals surface area contributed by atoms with Gasteiger partial charge in [-0.05, 0) is 49.5 Å². The minimum Gasteiger partial charge on any atom is -0.384 e. The molecule has 2 nitrogen and oxygen atoms in total. The molecule has 0 spiro atoms. The summed E-state index contributed by atoms with van der Waals surface area (Å²) >= 11 is 6.33. The summed E-state index contributed by atoms with van der Waals surface area (Å²) < 4.78 is 0. The number of benzene rings is 1. The summed E-state index contributed by atoms with van der Waals surface area (Å²) in [5.74, 6) is 1.40. The van der Waals surface area contributed by atoms with Gasteiger partial charge in [0.2, 0.25) is 0 Å². The highest BCUT2D eigenvalue weighted by Crippen LogP contribution is 2.43. The van der Waals surface area contributed by atoms with E-state index in [1.54, 1.807) is 0 Å². The first kappa shape index (κ1) is 10.4. The van der Waals surface area contributed by atoms with Gasteiger partial charge in [0.25, 0.3) is 0 Å². The summed E-state index contributed by atoms with van der Waals surface area (Å²) in [6, 6.07) is 6.18. The van der Waals surface area contributed by atoms with E-state index in [2.05, 4.69) is 16.7 Å². The average Bonchev–Trinajstić information content (AvgIpc) is 2.75. The van der Waals surface area contributed by atoms with Crippen LogP contribution in [0.3, 0.4) is 0 Å². The molecule has 3 rings (SSSR count). The van der Waals surface area contributed by atoms with Crippen molar-refractivity contribution in [3.63, 3.8) is 0 Å². The zero-order chi connectivity index (χ0) is 11.0. The lowest BCUT2D eigenvalue weighted by Gasteiger charge is -2.28. The van der Waals surface area contributed by atoms with Gasteiger partial charge in [-0.1, -0.05) is 17.7 Å². The van der Waals surface area contributed by atoms with Crippen LogP contribution < -0.4 is 10.6 Å². The maximum atomic E-state index is 6.33. The van der Waals surface area contributed by atoms with Gasteiger partial charge in [0.05, 0.1) is 0 Å². The van der Waals surface area contributed by atoms with E-state index in [-0.39, 0.29) is 0 Å². The van der Waals surface area contributed by atoms with Crippen LogP contribution in [0.25, 0.3) is 0 Å². The topological polar surface area (TPSA) is 24.1 Å². The Labute approximate surface area is 101 Å². The van der Waals surface area contributed by atoms with Crippen LogP contribution in [0, 0.1) is 5.92 Å². The van der Waals surface area contributed by atoms with Gasteiger partial charge in [-0.3, -0.25) is 0 Å². The summed E-state index contributed by atoms with van der Waals surface area (Å²) in [5, 5.41) is 7.84. The quantitative estimate of drug-likeness (QED) is 0.784. The summed E-state index contributed by atoms with van der Waals surface area (Å²) in [7, 11) is 0. The maximum Gasteiger partial charge on any atom is 0.0462 e. The van der Waals surface area contributed by atoms with Gasteiger partial charge in [0, 0.05) is 23.2 Å². The lowest BCUT2D eigenvalue weighted by Crippen LogP contribution is -2.31. The van der Waals surface area contributed by atoms with E-state index in [0.29, 0.717) is 5.92 Å². The summed E-state index contributed by atoms with van der Waals surface area (Å²) in [6.45, 7) is 3.37. The van der Waals surface area contributed by atoms with Crippen LogP contribution in [-0.2, 0) is 0 Å². The first-order valence-electron chi connectivity index (χ1n) is 6.09. The first-order chi connectivity index (χ1) is 7.86. The van der Waals surface area contributed by atoms with Crippen molar-refractivity contribution < 1.29 is 0 Å². The Bertz CT molecular complexity index is 386. The van der Waals surface area contributed by atoms with Gasteiger partial charge in [-0.25, -0.2) is 0 Å². The fourth-order valence-corrected chi connectivity index (χ4v) is 3.35. The molecule has 1 fully saturated rings. The van der Waals surface area contributed by atoms with Crippen molar-refractivity contribution in [2.45, 2.75) is 18.8 Å². The van der Waals surface area contributed by atoms with Crippen molar-refractivity contribution in [2.24, 2.45) is 5.92 Å². The molecule has 1 aromatic rings. The molecule has 0 aliphatic carbocycles. The standard InChI is InChI=1S/C13H17ClN2/c14-11-2-1-3-12-13(11)10(8-16-12)9-4-6-15-7-5-9/h1-3,9-10,15-16H,4-8H2. The molecule has 86 valence electrons. The molecule has 0 radical (unpaired) electrons. The van der Waals surface area contributed by atoms with E-state index in [9.17, 15) is 0 Å². The highest BCUT2D eigenvalue weighted by Gasteiger charge is 2.31. The fraction of sp³-hybridized carbons (Fsp3) is 0.538. The summed E-state index contributed by atoms with van der Waals surface area (Å²) in [6.07, 6.45) is 2.55. The van der Waals surface area contributed by atoms with Gasteiger partial charge in [0.15, 0.2) is 0 Å². The van der Waals surface area contributed by atoms with Crippen molar-refractivity contribution in [1.82, 2.24) is 5.32 Å². The molecule has 2 aliphatic heterocycles. The number of anilines is 1. The average molecular weight is 237 g/mol. The van der Waals surface area contributed by atoms with Crippen molar-refractivity contribution in [3.8, 4) is 0 Å². The van der Waals surface area contributed by atoms with Gasteiger partial charge >= 0.3 is 0 Å². The van der Waals surface area contributed by atoms with Gasteiger partial charge in [0.1, 0.15) is 0 Å². The number of halogens is 1. The van der Waals surface area contributed by atoms with Crippen molar-refractivity contribution in [2.75, 3.05) is 25.0 Å². The lowest BCUT2D eigenvalue weighted by atomic mass is 9.81. The number of hydrogen-bond donors (Lipinski definition) is 2. The second-order valence-corrected chi connectivity index (χ2v) is 5.18. The number of nitrogens with one attached hydrogen (secondary N) is 2. The van der Waals surface area contributed by atoms with Crippen LogP contribution in [0.2, 0.25) is 5.02 Å². The number of rotatable bonds is 1. The first-order valence-corrected chi connectivity index (χ1v) is 6.47. The lowest BCUT2D eigenvalue weighted by molar-refractivity contribution is 0.330. The fourth-order valence-electron chi connectivity index (χ4n) is 3.04. The third kappa shape index (κ3) is 1.70. The molecule has 2 N–H and O–H groups in total. The molecule has 0 aromatic heterocycles. The number of hydrogen-bond acceptors (Lipinski definition) is 2. The van der Waals surface area contributed by atoms with E-state index in [4.69, 9.17) is 11.6 Å². The number of piperidine rings is 1. The zero-order valence-corrected chi connectivity index (χ0v) is 10.1. The predicted octanol–water partition coefficient (Wildman–Crippen LogP) is 2.85. The van der Waals surface area contributed by atoms with Crippen LogP contribution in [0.15, 0.2) is 18.2 Å². The third-order valence-electron chi connectivity index (χ3n) is 3.89. The Morgan fingerprint density at radius 2 is 2.00 bits per heavy atom. The predicted molar refractivity (Wildman–Crippen MR) is 68.3 cm³/mol. The van der Waals surface area contributed by atoms with Crippen LogP contribution in [0.5, 0.6) is 0 Å². The molecule has 0 saturated carbocycles. The Kier molecular flexibility index (Phi) is 2.78. The molecule has 1 aromatic carbocycles. The molecule has 0 amide bonds. The Morgan fingerprint density at radius 1 is 1.19 bits per heavy atom. The largest absolute Gasteiger partial charge is 0.384 e. The molecule has 0 bridgehead atoms. The molecular weight excluding hydrogens is 220 g/mol. The summed E-state index contributed by atoms with van der Waals surface area (Å²) in [5.41, 5.74) is 2.60. The molecule has 1 saturated heterocycles. The highest BCUT2D eigenvalue weighted by molar-refractivity contribution is 6.32. The minimum absolute atomic E-state index is 0.616. The molecule has 16 heavy (non-hydrogen) atoms. The van der Waals surface area contributed by atoms with Gasteiger partial charge in [-0.2, -0.15) is 0 Å².